The maximum atomic E-state index is 13.3. The molecule has 0 aromatic heterocycles. The minimum Gasteiger partial charge on any atom is -0.490 e. The summed E-state index contributed by atoms with van der Waals surface area (Å²) in [4.78, 5) is 30.6. The average molecular weight is 574 g/mol. The fourth-order valence-electron chi connectivity index (χ4n) is 5.51. The second kappa shape index (κ2) is 11.9. The van der Waals surface area contributed by atoms with Gasteiger partial charge in [-0.15, -0.1) is 0 Å². The predicted octanol–water partition coefficient (Wildman–Crippen LogP) is 4.98. The van der Waals surface area contributed by atoms with Crippen LogP contribution in [0, 0.1) is 17.8 Å². The summed E-state index contributed by atoms with van der Waals surface area (Å²) < 4.78 is 45.0. The normalized spacial score (nSPS) is 25.6. The van der Waals surface area contributed by atoms with Crippen LogP contribution in [0.5, 0.6) is 5.75 Å². The minimum atomic E-state index is -4.42. The van der Waals surface area contributed by atoms with Gasteiger partial charge in [-0.2, -0.15) is 13.2 Å². The van der Waals surface area contributed by atoms with Crippen LogP contribution in [0.15, 0.2) is 46.5 Å². The number of rotatable bonds is 6. The quantitative estimate of drug-likeness (QED) is 0.482. The number of carbonyl (C=O) groups excluding carboxylic acids is 2. The number of hydrogen-bond donors (Lipinski definition) is 0. The van der Waals surface area contributed by atoms with Gasteiger partial charge >= 0.3 is 6.18 Å². The number of allylic oxidation sites excluding steroid dienone is 4. The van der Waals surface area contributed by atoms with E-state index in [1.807, 2.05) is 17.9 Å². The van der Waals surface area contributed by atoms with E-state index >= 15 is 0 Å². The zero-order valence-corrected chi connectivity index (χ0v) is 22.9. The molecular formula is C27H32Cl2F3N3O3. The highest BCUT2D eigenvalue weighted by molar-refractivity contribution is 6.40. The number of alkyl halides is 3. The van der Waals surface area contributed by atoms with E-state index in [2.05, 4.69) is 4.90 Å². The Kier molecular flexibility index (Phi) is 9.00. The highest BCUT2D eigenvalue weighted by atomic mass is 35.5. The molecule has 0 saturated carbocycles. The van der Waals surface area contributed by atoms with Crippen LogP contribution in [0.1, 0.15) is 25.8 Å². The zero-order valence-electron chi connectivity index (χ0n) is 21.4. The number of piperazine rings is 1. The lowest BCUT2D eigenvalue weighted by molar-refractivity contribution is -0.137. The van der Waals surface area contributed by atoms with Gasteiger partial charge in [0, 0.05) is 57.1 Å². The molecule has 0 N–H and O–H groups in total. The summed E-state index contributed by atoms with van der Waals surface area (Å²) in [6.45, 7) is 7.19. The number of likely N-dealkylation sites (tertiary alicyclic amines) is 1. The third-order valence-electron chi connectivity index (χ3n) is 7.76. The molecule has 0 bridgehead atoms. The van der Waals surface area contributed by atoms with Gasteiger partial charge in [0.05, 0.1) is 17.1 Å². The van der Waals surface area contributed by atoms with Gasteiger partial charge in [0.2, 0.25) is 11.8 Å². The van der Waals surface area contributed by atoms with Crippen LogP contribution in [0.2, 0.25) is 0 Å². The Morgan fingerprint density at radius 3 is 2.29 bits per heavy atom. The molecule has 3 aliphatic rings. The number of carbonyl (C=O) groups is 2. The summed E-state index contributed by atoms with van der Waals surface area (Å²) in [7, 11) is 0. The monoisotopic (exact) mass is 573 g/mol. The van der Waals surface area contributed by atoms with E-state index in [1.54, 1.807) is 17.9 Å². The van der Waals surface area contributed by atoms with Crippen molar-refractivity contribution in [1.82, 2.24) is 14.7 Å². The van der Waals surface area contributed by atoms with Crippen LogP contribution >= 0.6 is 23.2 Å². The molecule has 2 saturated heterocycles. The Balaban J connectivity index is 1.44. The smallest absolute Gasteiger partial charge is 0.416 e. The van der Waals surface area contributed by atoms with E-state index in [1.165, 1.54) is 12.1 Å². The number of amides is 2. The van der Waals surface area contributed by atoms with Crippen LogP contribution in [-0.2, 0) is 15.8 Å². The summed E-state index contributed by atoms with van der Waals surface area (Å²) in [5, 5.41) is 1.08. The molecule has 2 amide bonds. The first-order chi connectivity index (χ1) is 17.9. The van der Waals surface area contributed by atoms with Gasteiger partial charge in [0.25, 0.3) is 0 Å². The maximum absolute atomic E-state index is 13.3. The van der Waals surface area contributed by atoms with Gasteiger partial charge in [-0.1, -0.05) is 29.3 Å². The Hall–Kier alpha value is -2.23. The predicted molar refractivity (Wildman–Crippen MR) is 140 cm³/mol. The topological polar surface area (TPSA) is 53.1 Å². The van der Waals surface area contributed by atoms with Crippen LogP contribution in [-0.4, -0.2) is 78.4 Å². The van der Waals surface area contributed by atoms with Crippen molar-refractivity contribution in [1.29, 1.82) is 0 Å². The van der Waals surface area contributed by atoms with Crippen LogP contribution in [0.4, 0.5) is 13.2 Å². The van der Waals surface area contributed by atoms with Gasteiger partial charge in [-0.3, -0.25) is 14.5 Å². The van der Waals surface area contributed by atoms with Crippen molar-refractivity contribution in [2.75, 3.05) is 45.8 Å². The van der Waals surface area contributed by atoms with Crippen molar-refractivity contribution in [2.45, 2.75) is 32.5 Å². The molecule has 2 fully saturated rings. The minimum absolute atomic E-state index is 0.00923. The van der Waals surface area contributed by atoms with E-state index < -0.39 is 11.7 Å². The SMILES string of the molecule is CC(=O)N1CCN(CC(=O)N2C[C@@H](C3C=CC(Cl)=C(Cl)C3)[C@H](C(C)Oc3ccc(C(F)(F)F)cc3)C2)CC1. The lowest BCUT2D eigenvalue weighted by Crippen LogP contribution is -2.51. The van der Waals surface area contributed by atoms with E-state index in [0.717, 1.165) is 12.1 Å². The van der Waals surface area contributed by atoms with Crippen LogP contribution in [0.3, 0.4) is 0 Å². The van der Waals surface area contributed by atoms with Crippen molar-refractivity contribution >= 4 is 35.0 Å². The summed E-state index contributed by atoms with van der Waals surface area (Å²) in [5.74, 6) is 0.411. The lowest BCUT2D eigenvalue weighted by Gasteiger charge is -2.34. The average Bonchev–Trinajstić information content (AvgIpc) is 3.32. The molecular weight excluding hydrogens is 542 g/mol. The third kappa shape index (κ3) is 6.85. The highest BCUT2D eigenvalue weighted by Crippen LogP contribution is 2.41. The number of ether oxygens (including phenoxy) is 1. The Morgan fingerprint density at radius 2 is 1.71 bits per heavy atom. The van der Waals surface area contributed by atoms with E-state index in [-0.39, 0.29) is 42.2 Å². The van der Waals surface area contributed by atoms with Crippen molar-refractivity contribution in [3.05, 3.63) is 52.0 Å². The fourth-order valence-corrected chi connectivity index (χ4v) is 5.90. The molecule has 4 rings (SSSR count). The molecule has 208 valence electrons. The number of nitrogens with zero attached hydrogens (tertiary/aromatic N) is 3. The number of halogens is 5. The first-order valence-corrected chi connectivity index (χ1v) is 13.5. The van der Waals surface area contributed by atoms with Gasteiger partial charge in [-0.05, 0) is 55.5 Å². The lowest BCUT2D eigenvalue weighted by atomic mass is 9.78. The molecule has 38 heavy (non-hydrogen) atoms. The molecule has 6 nitrogen and oxygen atoms in total. The Labute approximate surface area is 231 Å². The number of benzene rings is 1. The van der Waals surface area contributed by atoms with E-state index in [9.17, 15) is 22.8 Å². The molecule has 1 aromatic carbocycles. The first kappa shape index (κ1) is 28.8. The molecule has 0 spiro atoms. The molecule has 1 aromatic rings. The molecule has 2 unspecified atom stereocenters. The Bertz CT molecular complexity index is 1090. The van der Waals surface area contributed by atoms with Gasteiger partial charge in [0.15, 0.2) is 0 Å². The number of hydrogen-bond acceptors (Lipinski definition) is 4. The van der Waals surface area contributed by atoms with Gasteiger partial charge in [-0.25, -0.2) is 0 Å². The van der Waals surface area contributed by atoms with Crippen molar-refractivity contribution in [3.63, 3.8) is 0 Å². The molecule has 11 heteroatoms. The second-order valence-electron chi connectivity index (χ2n) is 10.2. The fraction of sp³-hybridized carbons (Fsp3) is 0.556. The largest absolute Gasteiger partial charge is 0.490 e. The molecule has 2 heterocycles. The third-order valence-corrected chi connectivity index (χ3v) is 8.57. The second-order valence-corrected chi connectivity index (χ2v) is 11.1. The van der Waals surface area contributed by atoms with E-state index in [0.29, 0.717) is 61.5 Å². The molecule has 1 aliphatic carbocycles. The standard InChI is InChI=1S/C27H32Cl2F3N3O3/c1-17(38-21-6-4-20(5-7-21)27(30,31)32)22-14-35(15-23(22)19-3-8-24(28)25(29)13-19)26(37)16-33-9-11-34(12-10-33)18(2)36/h3-8,17,19,22-23H,9-16H2,1-2H3/t17?,19?,22-,23-/m0/s1. The zero-order chi connectivity index (χ0) is 27.6. The summed E-state index contributed by atoms with van der Waals surface area (Å²) in [6.07, 6.45) is -0.412. The van der Waals surface area contributed by atoms with Gasteiger partial charge < -0.3 is 14.5 Å². The van der Waals surface area contributed by atoms with Crippen LogP contribution < -0.4 is 4.74 Å². The van der Waals surface area contributed by atoms with E-state index in [4.69, 9.17) is 27.9 Å². The van der Waals surface area contributed by atoms with Crippen LogP contribution in [0.25, 0.3) is 0 Å². The summed E-state index contributed by atoms with van der Waals surface area (Å²) in [6, 6.07) is 4.66. The molecule has 4 atom stereocenters. The first-order valence-electron chi connectivity index (χ1n) is 12.7. The maximum Gasteiger partial charge on any atom is 0.416 e. The molecule has 0 radical (unpaired) electrons. The summed E-state index contributed by atoms with van der Waals surface area (Å²) >= 11 is 12.5. The summed E-state index contributed by atoms with van der Waals surface area (Å²) in [5.41, 5.74) is -0.734. The highest BCUT2D eigenvalue weighted by Gasteiger charge is 2.43. The van der Waals surface area contributed by atoms with Crippen molar-refractivity contribution in [3.8, 4) is 5.75 Å². The molecule has 2 aliphatic heterocycles. The Morgan fingerprint density at radius 1 is 1.05 bits per heavy atom. The van der Waals surface area contributed by atoms with Crippen molar-refractivity contribution < 1.29 is 27.5 Å². The van der Waals surface area contributed by atoms with Crippen molar-refractivity contribution in [2.24, 2.45) is 17.8 Å². The van der Waals surface area contributed by atoms with Gasteiger partial charge in [0.1, 0.15) is 11.9 Å².